The summed E-state index contributed by atoms with van der Waals surface area (Å²) in [6.45, 7) is -3.77. The normalized spacial score (nSPS) is 40.4. The van der Waals surface area contributed by atoms with E-state index in [1.807, 2.05) is 36.4 Å². The molecule has 0 bridgehead atoms. The van der Waals surface area contributed by atoms with E-state index in [-0.39, 0.29) is 51.5 Å². The van der Waals surface area contributed by atoms with Crippen molar-refractivity contribution in [1.29, 1.82) is 0 Å². The first-order valence-electron chi connectivity index (χ1n) is 46.8. The number of hydrogen-bond acceptors (Lipinski definition) is 48. The molecule has 8 aliphatic heterocycles. The zero-order valence-electron chi connectivity index (χ0n) is 77.5. The third-order valence-corrected chi connectivity index (χ3v) is 26.9. The molecule has 8 saturated heterocycles. The Kier molecular flexibility index (Phi) is 40.4. The summed E-state index contributed by atoms with van der Waals surface area (Å²) in [4.78, 5) is 51.5. The van der Waals surface area contributed by atoms with Crippen LogP contribution in [-0.2, 0) is 104 Å². The number of fused-ring (bicyclic) bond motifs is 2. The van der Waals surface area contributed by atoms with Crippen LogP contribution < -0.4 is 21.3 Å². The Morgan fingerprint density at radius 1 is 0.359 bits per heavy atom. The molecule has 142 heavy (non-hydrogen) atoms. The molecular weight excluding hydrogens is 1900 g/mol. The fourth-order valence-electron chi connectivity index (χ4n) is 19.1. The summed E-state index contributed by atoms with van der Waals surface area (Å²) in [5, 5.41) is 282. The zero-order chi connectivity index (χ0) is 103. The summed E-state index contributed by atoms with van der Waals surface area (Å²) in [5.74, 6) is -3.79. The minimum Gasteiger partial charge on any atom is -0.479 e. The maximum absolute atomic E-state index is 13.0. The Morgan fingerprint density at radius 2 is 0.704 bits per heavy atom. The summed E-state index contributed by atoms with van der Waals surface area (Å²) in [5.41, 5.74) is 0.745. The second kappa shape index (κ2) is 51.2. The number of benzene rings is 4. The Hall–Kier alpha value is -7.12. The fraction of sp³-hybridized carbons (Fsp3) is 0.733. The molecule has 2 amide bonds. The Morgan fingerprint density at radius 3 is 1.06 bits per heavy atom. The van der Waals surface area contributed by atoms with Gasteiger partial charge in [-0.2, -0.15) is 0 Å². The molecule has 4 aromatic carbocycles. The van der Waals surface area contributed by atoms with Crippen LogP contribution in [0.4, 0.5) is 21.0 Å². The number of aliphatic carboxylic acids is 2. The summed E-state index contributed by atoms with van der Waals surface area (Å²) in [7, 11) is 1.84. The van der Waals surface area contributed by atoms with Gasteiger partial charge in [0, 0.05) is 24.6 Å². The molecular formula is C90H132N4O48. The number of anilines is 2. The van der Waals surface area contributed by atoms with Crippen molar-refractivity contribution in [1.82, 2.24) is 10.6 Å². The maximum Gasteiger partial charge on any atom is 0.407 e. The molecule has 9 aliphatic rings. The van der Waals surface area contributed by atoms with Gasteiger partial charge in [-0.1, -0.05) is 60.7 Å². The van der Waals surface area contributed by atoms with Gasteiger partial charge in [-0.3, -0.25) is 0 Å². The molecule has 0 spiro atoms. The maximum atomic E-state index is 13.0. The van der Waals surface area contributed by atoms with E-state index in [0.29, 0.717) is 37.1 Å². The molecule has 0 radical (unpaired) electrons. The van der Waals surface area contributed by atoms with E-state index in [2.05, 4.69) is 30.7 Å². The topological polar surface area (TPSA) is 787 Å². The average Bonchev–Trinajstić information content (AvgIpc) is 0.761. The molecule has 46 atom stereocenters. The molecule has 4 aromatic rings. The summed E-state index contributed by atoms with van der Waals surface area (Å²) >= 11 is 0. The van der Waals surface area contributed by atoms with E-state index in [1.54, 1.807) is 48.5 Å². The van der Waals surface area contributed by atoms with Gasteiger partial charge in [-0.25, -0.2) is 19.2 Å². The van der Waals surface area contributed by atoms with Gasteiger partial charge in [0.25, 0.3) is 0 Å². The van der Waals surface area contributed by atoms with E-state index in [4.69, 9.17) is 85.3 Å². The number of rotatable bonds is 42. The molecule has 1 aliphatic carbocycles. The largest absolute Gasteiger partial charge is 0.479 e. The highest BCUT2D eigenvalue weighted by Crippen LogP contribution is 2.43. The van der Waals surface area contributed by atoms with Crippen molar-refractivity contribution in [3.63, 3.8) is 0 Å². The molecule has 13 rings (SSSR count). The van der Waals surface area contributed by atoms with Crippen molar-refractivity contribution in [3.8, 4) is 0 Å². The molecule has 52 nitrogen and oxygen atoms in total. The number of carboxylic acids is 2. The summed E-state index contributed by atoms with van der Waals surface area (Å²) in [6, 6.07) is 18.4. The molecule has 24 unspecified atom stereocenters. The number of amides is 2. The first-order chi connectivity index (χ1) is 68.0. The summed E-state index contributed by atoms with van der Waals surface area (Å²) in [6.07, 6.45) is -78.9. The lowest BCUT2D eigenvalue weighted by atomic mass is 9.87. The number of aliphatic hydroxyl groups excluding tert-OH is 22. The number of carbonyl (C=O) groups is 4. The SMILES string of the molecule is COC(=O)N[C@@H]1C(O)C(OC2C(O)[C@H](O[C@@H]3C(CO)O[C@@H](OCCCO[C@H]4CCC[C@H](OCCCO[C@@H]5OC(CO)[C@@H](O[C@@H]6OC(CO)[C@H](O)C(OC7C(O)[C@@H](NC(=O)OC)C([C@H](O)[C@H](O)CO)O[C@H]7C(=O)O)C6O)C(O[C@@H]6OC(C)[C@H](O)C(O)C6O)C5Nc5ccc6ccccc6c5)C4)C(Nc4ccc5ccccc5c4)C3O[C@@H]3OC(C)[C@H](O)C(O)C3O)OC(CO)[C@@H]2O)[C@H](C(=O)O)OC1[C@H](O)[C@H](O)CO. The number of alkyl carbamates (subject to hydrolysis) is 2. The monoisotopic (exact) mass is 2040 g/mol. The van der Waals surface area contributed by atoms with Crippen molar-refractivity contribution < 1.29 is 236 Å². The van der Waals surface area contributed by atoms with Crippen LogP contribution in [-0.4, -0.2) is 509 Å². The van der Waals surface area contributed by atoms with Crippen LogP contribution in [0.15, 0.2) is 84.9 Å². The Labute approximate surface area is 811 Å². The van der Waals surface area contributed by atoms with Crippen LogP contribution >= 0.6 is 0 Å². The van der Waals surface area contributed by atoms with Gasteiger partial charge >= 0.3 is 24.1 Å². The van der Waals surface area contributed by atoms with Crippen LogP contribution in [0.2, 0.25) is 0 Å². The molecule has 8 heterocycles. The molecule has 1 saturated carbocycles. The van der Waals surface area contributed by atoms with Gasteiger partial charge in [0.15, 0.2) is 49.9 Å². The number of ether oxygens (including phenoxy) is 20. The lowest BCUT2D eigenvalue weighted by Crippen LogP contribution is -2.71. The van der Waals surface area contributed by atoms with Crippen molar-refractivity contribution >= 4 is 57.0 Å². The lowest BCUT2D eigenvalue weighted by molar-refractivity contribution is -0.375. The molecule has 52 heteroatoms. The van der Waals surface area contributed by atoms with Crippen LogP contribution in [0.5, 0.6) is 0 Å². The van der Waals surface area contributed by atoms with Gasteiger partial charge in [0.1, 0.15) is 195 Å². The Bertz CT molecular complexity index is 4330. The van der Waals surface area contributed by atoms with Crippen LogP contribution in [0.25, 0.3) is 21.5 Å². The van der Waals surface area contributed by atoms with E-state index < -0.39 is 333 Å². The molecule has 800 valence electrons. The quantitative estimate of drug-likeness (QED) is 0.0183. The number of hydrogen-bond donors (Lipinski definition) is 28. The fourth-order valence-corrected chi connectivity index (χ4v) is 19.1. The van der Waals surface area contributed by atoms with E-state index in [1.165, 1.54) is 13.8 Å². The van der Waals surface area contributed by atoms with Crippen molar-refractivity contribution in [3.05, 3.63) is 84.9 Å². The van der Waals surface area contributed by atoms with Gasteiger partial charge in [0.2, 0.25) is 0 Å². The first-order valence-corrected chi connectivity index (χ1v) is 46.8. The average molecular weight is 2040 g/mol. The minimum atomic E-state index is -2.37. The predicted molar refractivity (Wildman–Crippen MR) is 472 cm³/mol. The van der Waals surface area contributed by atoms with Crippen molar-refractivity contribution in [2.75, 3.05) is 90.9 Å². The highest BCUT2D eigenvalue weighted by atomic mass is 16.8. The van der Waals surface area contributed by atoms with Crippen LogP contribution in [0, 0.1) is 0 Å². The van der Waals surface area contributed by atoms with Gasteiger partial charge in [-0.15, -0.1) is 0 Å². The standard InChI is InChI=1S/C90H132N4O48/c1-35-55(103)63(111)65(113)85(129-35)141-73-53(91-41-20-18-37-12-5-7-14-39(37)26-41)83(133-49(33-99)69(73)139-87-67(115)75(59(107)47(31-97)131-87)137-77-61(109)51(93-89(121)123-3)71(57(105)45(101)29-95)135-79(77)81(117)118)127-24-10-22-125-43-16-9-17-44(28-43)126-23-11-25-128-84-54(92-42-21-19-38-13-6-8-15-40(38)27-42)74(142-86-66(114)64(112)56(104)36(2)130-86)70(50(34-100)134-84)140-88-68(116)76(60(108)48(32-98)132-88)138-78-62(110)52(94-90(122)124-4)72(58(106)46(102)30-96)136-80(78)82(119)120/h5-8,12-15,18-21,26-27,35-36,43-80,83-88,91-92,95-116H,9-11,16-17,22-25,28-34H2,1-4H3,(H,93,121)(H,94,122)(H,117,118)(H,119,120)/t35?,36?,43-,44-,45+,46+,47?,48?,49?,50?,51+,52+,53?,54?,55-,56-,57+,58+,59-,60-,61?,62?,63?,64?,65?,66?,67?,68?,69+,70+,71?,72?,73?,74?,75?,76?,77?,78?,79+,80+,83+,84+,85-,86-,87-,88-/m0/s1. The highest BCUT2D eigenvalue weighted by Gasteiger charge is 2.63. The third kappa shape index (κ3) is 25.9. The molecule has 28 N–H and O–H groups in total. The number of carbonyl (C=O) groups excluding carboxylic acids is 2. The van der Waals surface area contributed by atoms with E-state index in [9.17, 15) is 142 Å². The van der Waals surface area contributed by atoms with Crippen molar-refractivity contribution in [2.24, 2.45) is 0 Å². The number of nitrogens with one attached hydrogen (secondary N) is 4. The first kappa shape index (κ1) is 112. The van der Waals surface area contributed by atoms with Crippen LogP contribution in [0.3, 0.4) is 0 Å². The van der Waals surface area contributed by atoms with Gasteiger partial charge in [-0.05, 0) is 98.2 Å². The van der Waals surface area contributed by atoms with Crippen LogP contribution in [0.1, 0.15) is 52.4 Å². The number of carboxylic acid groups (broad SMARTS) is 2. The second-order valence-electron chi connectivity index (χ2n) is 36.3. The molecule has 9 fully saturated rings. The minimum absolute atomic E-state index is 0.0669. The van der Waals surface area contributed by atoms with E-state index in [0.717, 1.165) is 35.8 Å². The van der Waals surface area contributed by atoms with Gasteiger partial charge in [0.05, 0.1) is 104 Å². The predicted octanol–water partition coefficient (Wildman–Crippen LogP) is -9.27. The smallest absolute Gasteiger partial charge is 0.407 e. The summed E-state index contributed by atoms with van der Waals surface area (Å²) < 4.78 is 122. The second-order valence-corrected chi connectivity index (χ2v) is 36.3. The third-order valence-electron chi connectivity index (χ3n) is 26.9. The highest BCUT2D eigenvalue weighted by molar-refractivity contribution is 5.87. The zero-order valence-corrected chi connectivity index (χ0v) is 77.5. The Balaban J connectivity index is 0.700. The van der Waals surface area contributed by atoms with Gasteiger partial charge < -0.3 is 239 Å². The number of methoxy groups -OCH3 is 2. The van der Waals surface area contributed by atoms with E-state index >= 15 is 0 Å². The number of aliphatic hydroxyl groups is 22. The van der Waals surface area contributed by atoms with Crippen molar-refractivity contribution in [2.45, 2.75) is 334 Å². The molecule has 0 aromatic heterocycles. The lowest BCUT2D eigenvalue weighted by Gasteiger charge is -2.51.